The summed E-state index contributed by atoms with van der Waals surface area (Å²) >= 11 is 0. The van der Waals surface area contributed by atoms with Crippen LogP contribution < -0.4 is 5.56 Å². The summed E-state index contributed by atoms with van der Waals surface area (Å²) in [7, 11) is 0. The van der Waals surface area contributed by atoms with Gasteiger partial charge in [-0.05, 0) is 18.2 Å². The van der Waals surface area contributed by atoms with Gasteiger partial charge in [-0.1, -0.05) is 0 Å². The highest BCUT2D eigenvalue weighted by Crippen LogP contribution is 2.28. The molecule has 0 unspecified atom stereocenters. The zero-order chi connectivity index (χ0) is 11.1. The molecule has 0 aliphatic rings. The summed E-state index contributed by atoms with van der Waals surface area (Å²) in [5, 5.41) is 0. The Morgan fingerprint density at radius 3 is 2.53 bits per heavy atom. The molecular weight excluding hydrogens is 209 g/mol. The average Bonchev–Trinajstić information content (AvgIpc) is 2.15. The van der Waals surface area contributed by atoms with E-state index in [1.807, 2.05) is 0 Å². The van der Waals surface area contributed by atoms with Crippen molar-refractivity contribution in [2.24, 2.45) is 0 Å². The van der Waals surface area contributed by atoms with Gasteiger partial charge in [0.25, 0.3) is 0 Å². The summed E-state index contributed by atoms with van der Waals surface area (Å²) in [6.07, 6.45) is -4.47. The van der Waals surface area contributed by atoms with Crippen LogP contribution in [-0.2, 0) is 6.18 Å². The number of aromatic amines is 1. The Morgan fingerprint density at radius 1 is 1.13 bits per heavy atom. The van der Waals surface area contributed by atoms with E-state index in [1.165, 1.54) is 12.1 Å². The molecule has 0 fully saturated rings. The van der Waals surface area contributed by atoms with Gasteiger partial charge in [0.2, 0.25) is 5.56 Å². The van der Waals surface area contributed by atoms with Gasteiger partial charge in [0.1, 0.15) is 5.69 Å². The second-order valence-electron chi connectivity index (χ2n) is 2.95. The molecule has 0 aromatic carbocycles. The topological polar surface area (TPSA) is 45.8 Å². The fourth-order valence-corrected chi connectivity index (χ4v) is 1.19. The summed E-state index contributed by atoms with van der Waals surface area (Å²) in [4.78, 5) is 16.6. The first kappa shape index (κ1) is 9.70. The van der Waals surface area contributed by atoms with Crippen LogP contribution in [-0.4, -0.2) is 9.97 Å². The highest BCUT2D eigenvalue weighted by molar-refractivity contribution is 5.73. The van der Waals surface area contributed by atoms with Crippen LogP contribution in [0.4, 0.5) is 13.2 Å². The molecule has 0 spiro atoms. The van der Waals surface area contributed by atoms with E-state index < -0.39 is 11.9 Å². The number of pyridine rings is 2. The van der Waals surface area contributed by atoms with Crippen LogP contribution in [0.15, 0.2) is 29.1 Å². The molecule has 0 bridgehead atoms. The Hall–Kier alpha value is -1.85. The highest BCUT2D eigenvalue weighted by Gasteiger charge is 2.32. The lowest BCUT2D eigenvalue weighted by Gasteiger charge is -2.05. The summed E-state index contributed by atoms with van der Waals surface area (Å²) in [5.74, 6) is 0. The number of H-pyrrole nitrogens is 1. The minimum absolute atomic E-state index is 0.115. The number of alkyl halides is 3. The Labute approximate surface area is 81.6 Å². The standard InChI is InChI=1S/C9H5F3N2O/c10-9(11,12)7-3-1-6-5(13-7)2-4-8(15)14-6/h1-4H,(H,14,15). The minimum atomic E-state index is -4.47. The third-order valence-corrected chi connectivity index (χ3v) is 1.87. The molecule has 6 heteroatoms. The number of hydrogen-bond donors (Lipinski definition) is 1. The van der Waals surface area contributed by atoms with Crippen molar-refractivity contribution < 1.29 is 13.2 Å². The molecule has 0 saturated heterocycles. The molecule has 0 atom stereocenters. The number of nitrogens with one attached hydrogen (secondary N) is 1. The Morgan fingerprint density at radius 2 is 1.87 bits per heavy atom. The van der Waals surface area contributed by atoms with E-state index in [-0.39, 0.29) is 16.6 Å². The van der Waals surface area contributed by atoms with E-state index in [0.717, 1.165) is 12.1 Å². The van der Waals surface area contributed by atoms with E-state index in [0.29, 0.717) is 0 Å². The smallest absolute Gasteiger partial charge is 0.321 e. The lowest BCUT2D eigenvalue weighted by atomic mass is 10.3. The molecule has 2 rings (SSSR count). The molecule has 0 aliphatic carbocycles. The number of fused-ring (bicyclic) bond motifs is 1. The van der Waals surface area contributed by atoms with Gasteiger partial charge in [-0.15, -0.1) is 0 Å². The Bertz CT molecular complexity index is 559. The largest absolute Gasteiger partial charge is 0.433 e. The first-order valence-electron chi connectivity index (χ1n) is 4.04. The van der Waals surface area contributed by atoms with Crippen LogP contribution in [0.5, 0.6) is 0 Å². The molecule has 78 valence electrons. The zero-order valence-electron chi connectivity index (χ0n) is 7.30. The third kappa shape index (κ3) is 1.83. The molecule has 1 N–H and O–H groups in total. The fourth-order valence-electron chi connectivity index (χ4n) is 1.19. The predicted octanol–water partition coefficient (Wildman–Crippen LogP) is 1.94. The second-order valence-corrected chi connectivity index (χ2v) is 2.95. The molecule has 3 nitrogen and oxygen atoms in total. The monoisotopic (exact) mass is 214 g/mol. The van der Waals surface area contributed by atoms with Gasteiger partial charge < -0.3 is 4.98 Å². The highest BCUT2D eigenvalue weighted by atomic mass is 19.4. The van der Waals surface area contributed by atoms with E-state index >= 15 is 0 Å². The number of halogens is 3. The predicted molar refractivity (Wildman–Crippen MR) is 47.4 cm³/mol. The Balaban J connectivity index is 2.67. The van der Waals surface area contributed by atoms with Crippen molar-refractivity contribution in [1.29, 1.82) is 0 Å². The quantitative estimate of drug-likeness (QED) is 0.728. The molecular formula is C9H5F3N2O. The van der Waals surface area contributed by atoms with Gasteiger partial charge in [0.05, 0.1) is 11.0 Å². The maximum absolute atomic E-state index is 12.3. The Kier molecular flexibility index (Phi) is 1.99. The van der Waals surface area contributed by atoms with E-state index in [1.54, 1.807) is 0 Å². The number of aromatic nitrogens is 2. The summed E-state index contributed by atoms with van der Waals surface area (Å²) < 4.78 is 36.8. The van der Waals surface area contributed by atoms with Gasteiger partial charge in [-0.25, -0.2) is 4.98 Å². The maximum atomic E-state index is 12.3. The first-order chi connectivity index (χ1) is 6.97. The fraction of sp³-hybridized carbons (Fsp3) is 0.111. The van der Waals surface area contributed by atoms with Crippen LogP contribution in [0.25, 0.3) is 11.0 Å². The molecule has 0 amide bonds. The third-order valence-electron chi connectivity index (χ3n) is 1.87. The van der Waals surface area contributed by atoms with Gasteiger partial charge in [-0.3, -0.25) is 4.79 Å². The van der Waals surface area contributed by atoms with Crippen molar-refractivity contribution in [3.8, 4) is 0 Å². The van der Waals surface area contributed by atoms with Crippen molar-refractivity contribution in [3.63, 3.8) is 0 Å². The number of rotatable bonds is 0. The molecule has 0 radical (unpaired) electrons. The normalized spacial score (nSPS) is 11.9. The van der Waals surface area contributed by atoms with Crippen LogP contribution in [0.1, 0.15) is 5.69 Å². The van der Waals surface area contributed by atoms with Crippen molar-refractivity contribution in [1.82, 2.24) is 9.97 Å². The molecule has 2 heterocycles. The molecule has 0 saturated carbocycles. The maximum Gasteiger partial charge on any atom is 0.433 e. The van der Waals surface area contributed by atoms with Gasteiger partial charge in [0.15, 0.2) is 0 Å². The van der Waals surface area contributed by atoms with Crippen molar-refractivity contribution >= 4 is 11.0 Å². The first-order valence-corrected chi connectivity index (χ1v) is 4.04. The van der Waals surface area contributed by atoms with E-state index in [4.69, 9.17) is 0 Å². The van der Waals surface area contributed by atoms with Crippen molar-refractivity contribution in [2.45, 2.75) is 6.18 Å². The molecule has 2 aromatic rings. The molecule has 0 aliphatic heterocycles. The van der Waals surface area contributed by atoms with Crippen LogP contribution in [0.2, 0.25) is 0 Å². The summed E-state index contributed by atoms with van der Waals surface area (Å²) in [6.45, 7) is 0. The van der Waals surface area contributed by atoms with Crippen molar-refractivity contribution in [2.75, 3.05) is 0 Å². The summed E-state index contributed by atoms with van der Waals surface area (Å²) in [6, 6.07) is 4.41. The molecule has 15 heavy (non-hydrogen) atoms. The van der Waals surface area contributed by atoms with E-state index in [2.05, 4.69) is 9.97 Å². The van der Waals surface area contributed by atoms with Crippen molar-refractivity contribution in [3.05, 3.63) is 40.3 Å². The summed E-state index contributed by atoms with van der Waals surface area (Å²) in [5.41, 5.74) is -0.939. The van der Waals surface area contributed by atoms with Crippen LogP contribution >= 0.6 is 0 Å². The average molecular weight is 214 g/mol. The lowest BCUT2D eigenvalue weighted by Crippen LogP contribution is -2.09. The minimum Gasteiger partial charge on any atom is -0.321 e. The lowest BCUT2D eigenvalue weighted by molar-refractivity contribution is -0.140. The SMILES string of the molecule is O=c1ccc2nc(C(F)(F)F)ccc2[nH]1. The van der Waals surface area contributed by atoms with Crippen LogP contribution in [0.3, 0.4) is 0 Å². The zero-order valence-corrected chi connectivity index (χ0v) is 7.30. The van der Waals surface area contributed by atoms with Gasteiger partial charge >= 0.3 is 6.18 Å². The van der Waals surface area contributed by atoms with Gasteiger partial charge in [-0.2, -0.15) is 13.2 Å². The number of hydrogen-bond acceptors (Lipinski definition) is 2. The van der Waals surface area contributed by atoms with Crippen LogP contribution in [0, 0.1) is 0 Å². The van der Waals surface area contributed by atoms with E-state index in [9.17, 15) is 18.0 Å². The molecule has 2 aromatic heterocycles. The number of nitrogens with zero attached hydrogens (tertiary/aromatic N) is 1. The van der Waals surface area contributed by atoms with Gasteiger partial charge in [0, 0.05) is 6.07 Å². The second kappa shape index (κ2) is 3.08.